The lowest BCUT2D eigenvalue weighted by Crippen LogP contribution is -2.09. The molecule has 0 amide bonds. The molecule has 0 unspecified atom stereocenters. The van der Waals surface area contributed by atoms with Crippen LogP contribution in [0.15, 0.2) is 76.5 Å². The number of sulfone groups is 1. The summed E-state index contributed by atoms with van der Waals surface area (Å²) in [5.74, 6) is -0.293. The fraction of sp³-hybridized carbons (Fsp3) is 0.148. The number of hydrogen-bond donors (Lipinski definition) is 2. The van der Waals surface area contributed by atoms with Crippen LogP contribution in [0.3, 0.4) is 0 Å². The van der Waals surface area contributed by atoms with Crippen molar-refractivity contribution >= 4 is 43.3 Å². The Labute approximate surface area is 204 Å². The summed E-state index contributed by atoms with van der Waals surface area (Å²) in [7, 11) is -3.98. The normalized spacial score (nSPS) is 11.4. The maximum absolute atomic E-state index is 13.7. The average molecular weight is 491 g/mol. The summed E-state index contributed by atoms with van der Waals surface area (Å²) in [4.78, 5) is 13.8. The zero-order valence-electron chi connectivity index (χ0n) is 19.5. The minimum atomic E-state index is -3.98. The number of carbonyl (C=O) groups is 1. The van der Waals surface area contributed by atoms with Gasteiger partial charge in [0.15, 0.2) is 0 Å². The highest BCUT2D eigenvalue weighted by atomic mass is 32.2. The van der Waals surface area contributed by atoms with Crippen LogP contribution in [-0.2, 0) is 9.84 Å². The van der Waals surface area contributed by atoms with E-state index < -0.39 is 9.84 Å². The largest absolute Gasteiger partial charge is 0.396 e. The number of nitrogens with one attached hydrogen (secondary N) is 1. The Morgan fingerprint density at radius 2 is 1.50 bits per heavy atom. The van der Waals surface area contributed by atoms with E-state index in [4.69, 9.17) is 5.73 Å². The van der Waals surface area contributed by atoms with Gasteiger partial charge in [0.25, 0.3) is 0 Å². The first kappa shape index (κ1) is 23.7. The van der Waals surface area contributed by atoms with Gasteiger partial charge in [0, 0.05) is 11.3 Å². The summed E-state index contributed by atoms with van der Waals surface area (Å²) in [5, 5.41) is 3.58. The van der Waals surface area contributed by atoms with Gasteiger partial charge in [-0.25, -0.2) is 8.42 Å². The molecular formula is C27H26N2O3S2. The lowest BCUT2D eigenvalue weighted by molar-refractivity contribution is 0.104. The quantitative estimate of drug-likeness (QED) is 0.307. The minimum absolute atomic E-state index is 0.0355. The number of nitrogens with two attached hydrogens (primary N) is 1. The molecule has 174 valence electrons. The lowest BCUT2D eigenvalue weighted by atomic mass is 10.0. The number of ketones is 1. The summed E-state index contributed by atoms with van der Waals surface area (Å²) < 4.78 is 27.4. The molecule has 1 aromatic heterocycles. The number of rotatable bonds is 6. The van der Waals surface area contributed by atoms with Crippen LogP contribution in [-0.4, -0.2) is 14.2 Å². The van der Waals surface area contributed by atoms with Gasteiger partial charge in [-0.3, -0.25) is 4.79 Å². The standard InChI is InChI=1S/C27H26N2O3S2/c1-16-11-13-21(19(4)14-16)24(30)25-23(28)26(34(31,32)20-8-6-5-7-9-20)27(33-25)29-22-15-17(2)10-12-18(22)3/h5-15,29H,28H2,1-4H3. The Morgan fingerprint density at radius 3 is 2.18 bits per heavy atom. The average Bonchev–Trinajstić information content (AvgIpc) is 3.13. The number of carbonyl (C=O) groups excluding carboxylic acids is 1. The summed E-state index contributed by atoms with van der Waals surface area (Å²) in [6.07, 6.45) is 0. The molecule has 0 atom stereocenters. The van der Waals surface area contributed by atoms with Gasteiger partial charge in [0.1, 0.15) is 14.8 Å². The highest BCUT2D eigenvalue weighted by Gasteiger charge is 2.32. The fourth-order valence-electron chi connectivity index (χ4n) is 3.85. The molecule has 1 heterocycles. The van der Waals surface area contributed by atoms with E-state index in [1.165, 1.54) is 12.1 Å². The molecule has 5 nitrogen and oxygen atoms in total. The Balaban J connectivity index is 1.92. The van der Waals surface area contributed by atoms with E-state index in [-0.39, 0.29) is 26.1 Å². The topological polar surface area (TPSA) is 89.3 Å². The van der Waals surface area contributed by atoms with Crippen molar-refractivity contribution in [3.05, 3.63) is 99.4 Å². The minimum Gasteiger partial charge on any atom is -0.396 e. The number of anilines is 3. The number of thiophene rings is 1. The van der Waals surface area contributed by atoms with Gasteiger partial charge in [0.05, 0.1) is 10.6 Å². The molecular weight excluding hydrogens is 464 g/mol. The number of nitrogen functional groups attached to an aromatic ring is 1. The maximum atomic E-state index is 13.7. The molecule has 0 bridgehead atoms. The summed E-state index contributed by atoms with van der Waals surface area (Å²) in [6.45, 7) is 7.72. The predicted molar refractivity (Wildman–Crippen MR) is 139 cm³/mol. The van der Waals surface area contributed by atoms with Crippen molar-refractivity contribution in [3.63, 3.8) is 0 Å². The Hall–Kier alpha value is -3.42. The number of benzene rings is 3. The van der Waals surface area contributed by atoms with E-state index >= 15 is 0 Å². The zero-order chi connectivity index (χ0) is 24.6. The second kappa shape index (κ2) is 9.08. The van der Waals surface area contributed by atoms with Gasteiger partial charge >= 0.3 is 0 Å². The second-order valence-electron chi connectivity index (χ2n) is 8.41. The third-order valence-electron chi connectivity index (χ3n) is 5.70. The van der Waals surface area contributed by atoms with Crippen molar-refractivity contribution < 1.29 is 13.2 Å². The first-order chi connectivity index (χ1) is 16.1. The third-order valence-corrected chi connectivity index (χ3v) is 8.80. The van der Waals surface area contributed by atoms with Crippen LogP contribution in [0, 0.1) is 27.7 Å². The molecule has 0 aliphatic carbocycles. The highest BCUT2D eigenvalue weighted by Crippen LogP contribution is 2.44. The van der Waals surface area contributed by atoms with E-state index in [1.807, 2.05) is 58.0 Å². The van der Waals surface area contributed by atoms with Gasteiger partial charge in [-0.2, -0.15) is 0 Å². The fourth-order valence-corrected chi connectivity index (χ4v) is 6.79. The van der Waals surface area contributed by atoms with Crippen molar-refractivity contribution in [1.82, 2.24) is 0 Å². The van der Waals surface area contributed by atoms with Gasteiger partial charge in [0.2, 0.25) is 15.6 Å². The van der Waals surface area contributed by atoms with Crippen molar-refractivity contribution in [1.29, 1.82) is 0 Å². The van der Waals surface area contributed by atoms with Crippen molar-refractivity contribution in [3.8, 4) is 0 Å². The van der Waals surface area contributed by atoms with Crippen molar-refractivity contribution in [2.24, 2.45) is 0 Å². The van der Waals surface area contributed by atoms with Gasteiger partial charge < -0.3 is 11.1 Å². The predicted octanol–water partition coefficient (Wildman–Crippen LogP) is 6.37. The lowest BCUT2D eigenvalue weighted by Gasteiger charge is -2.12. The van der Waals surface area contributed by atoms with Gasteiger partial charge in [-0.1, -0.05) is 54.1 Å². The van der Waals surface area contributed by atoms with Crippen molar-refractivity contribution in [2.45, 2.75) is 37.5 Å². The van der Waals surface area contributed by atoms with Crippen LogP contribution in [0.4, 0.5) is 16.4 Å². The number of hydrogen-bond acceptors (Lipinski definition) is 6. The summed E-state index contributed by atoms with van der Waals surface area (Å²) in [5.41, 5.74) is 11.5. The smallest absolute Gasteiger partial charge is 0.211 e. The molecule has 4 rings (SSSR count). The molecule has 0 spiro atoms. The highest BCUT2D eigenvalue weighted by molar-refractivity contribution is 7.92. The summed E-state index contributed by atoms with van der Waals surface area (Å²) in [6, 6.07) is 19.6. The molecule has 0 aliphatic rings. The van der Waals surface area contributed by atoms with Crippen LogP contribution >= 0.6 is 11.3 Å². The van der Waals surface area contributed by atoms with Crippen molar-refractivity contribution in [2.75, 3.05) is 11.1 Å². The maximum Gasteiger partial charge on any atom is 0.211 e. The molecule has 7 heteroatoms. The third kappa shape index (κ3) is 4.36. The Bertz CT molecular complexity index is 1500. The monoisotopic (exact) mass is 490 g/mol. The van der Waals surface area contributed by atoms with Gasteiger partial charge in [-0.15, -0.1) is 11.3 Å². The Kier molecular flexibility index (Phi) is 6.34. The molecule has 4 aromatic rings. The SMILES string of the molecule is Cc1ccc(C(=O)c2sc(Nc3cc(C)ccc3C)c(S(=O)(=O)c3ccccc3)c2N)c(C)c1. The van der Waals surface area contributed by atoms with Crippen LogP contribution in [0.1, 0.15) is 37.5 Å². The van der Waals surface area contributed by atoms with Crippen LogP contribution in [0.25, 0.3) is 0 Å². The first-order valence-electron chi connectivity index (χ1n) is 10.8. The summed E-state index contributed by atoms with van der Waals surface area (Å²) >= 11 is 1.07. The molecule has 3 aromatic carbocycles. The first-order valence-corrected chi connectivity index (χ1v) is 13.1. The van der Waals surface area contributed by atoms with Crippen LogP contribution in [0.5, 0.6) is 0 Å². The number of aryl methyl sites for hydroxylation is 4. The zero-order valence-corrected chi connectivity index (χ0v) is 21.1. The van der Waals surface area contributed by atoms with Gasteiger partial charge in [-0.05, 0) is 62.6 Å². The van der Waals surface area contributed by atoms with Crippen LogP contribution in [0.2, 0.25) is 0 Å². The van der Waals surface area contributed by atoms with E-state index in [2.05, 4.69) is 5.32 Å². The van der Waals surface area contributed by atoms with E-state index in [0.717, 1.165) is 39.3 Å². The van der Waals surface area contributed by atoms with Crippen LogP contribution < -0.4 is 11.1 Å². The molecule has 3 N–H and O–H groups in total. The van der Waals surface area contributed by atoms with E-state index in [9.17, 15) is 13.2 Å². The molecule has 0 aliphatic heterocycles. The Morgan fingerprint density at radius 1 is 0.853 bits per heavy atom. The molecule has 0 radical (unpaired) electrons. The molecule has 0 saturated carbocycles. The van der Waals surface area contributed by atoms with E-state index in [0.29, 0.717) is 10.6 Å². The molecule has 0 fully saturated rings. The second-order valence-corrected chi connectivity index (χ2v) is 11.3. The molecule has 34 heavy (non-hydrogen) atoms. The van der Waals surface area contributed by atoms with E-state index in [1.54, 1.807) is 24.3 Å². The molecule has 0 saturated heterocycles.